The molecule has 1 aliphatic rings. The highest BCUT2D eigenvalue weighted by atomic mass is 14.3. The van der Waals surface area contributed by atoms with Gasteiger partial charge in [0.05, 0.1) is 0 Å². The van der Waals surface area contributed by atoms with Gasteiger partial charge < -0.3 is 0 Å². The van der Waals surface area contributed by atoms with Crippen molar-refractivity contribution in [3.05, 3.63) is 81.4 Å². The Morgan fingerprint density at radius 3 is 1.87 bits per heavy atom. The Labute approximate surface area is 183 Å². The molecule has 30 heavy (non-hydrogen) atoms. The summed E-state index contributed by atoms with van der Waals surface area (Å²) in [4.78, 5) is 0. The van der Waals surface area contributed by atoms with Gasteiger partial charge in [-0.25, -0.2) is 0 Å². The molecule has 0 unspecified atom stereocenters. The zero-order valence-electron chi connectivity index (χ0n) is 20.2. The first-order valence-electron chi connectivity index (χ1n) is 11.3. The van der Waals surface area contributed by atoms with E-state index in [4.69, 9.17) is 0 Å². The molecule has 0 N–H and O–H groups in total. The summed E-state index contributed by atoms with van der Waals surface area (Å²) < 4.78 is 0. The number of rotatable bonds is 1. The predicted molar refractivity (Wildman–Crippen MR) is 132 cm³/mol. The second-order valence-corrected chi connectivity index (χ2v) is 11.3. The van der Waals surface area contributed by atoms with Gasteiger partial charge in [-0.3, -0.25) is 0 Å². The van der Waals surface area contributed by atoms with Crippen LogP contribution in [0.1, 0.15) is 80.5 Å². The third-order valence-electron chi connectivity index (χ3n) is 7.05. The van der Waals surface area contributed by atoms with E-state index in [2.05, 4.69) is 105 Å². The Balaban J connectivity index is 1.97. The average molecular weight is 397 g/mol. The molecule has 4 rings (SSSR count). The molecule has 0 spiro atoms. The van der Waals surface area contributed by atoms with E-state index >= 15 is 0 Å². The van der Waals surface area contributed by atoms with Gasteiger partial charge in [0, 0.05) is 0 Å². The van der Waals surface area contributed by atoms with E-state index in [1.165, 1.54) is 61.2 Å². The van der Waals surface area contributed by atoms with E-state index < -0.39 is 0 Å². The minimum Gasteiger partial charge on any atom is -0.0584 e. The number of hydrogen-bond donors (Lipinski definition) is 0. The van der Waals surface area contributed by atoms with Crippen molar-refractivity contribution in [3.8, 4) is 22.3 Å². The fourth-order valence-electron chi connectivity index (χ4n) is 4.79. The molecule has 0 saturated heterocycles. The molecular weight excluding hydrogens is 360 g/mol. The molecule has 0 bridgehead atoms. The van der Waals surface area contributed by atoms with Gasteiger partial charge in [0.15, 0.2) is 0 Å². The molecule has 3 aromatic carbocycles. The summed E-state index contributed by atoms with van der Waals surface area (Å²) in [5.74, 6) is 0. The third-order valence-corrected chi connectivity index (χ3v) is 7.05. The van der Waals surface area contributed by atoms with E-state index in [9.17, 15) is 0 Å². The van der Waals surface area contributed by atoms with Crippen LogP contribution >= 0.6 is 0 Å². The maximum Gasteiger partial charge on any atom is -0.00132 e. The lowest BCUT2D eigenvalue weighted by Gasteiger charge is -2.26. The molecule has 0 amide bonds. The molecule has 0 aromatic heterocycles. The first kappa shape index (κ1) is 20.9. The minimum absolute atomic E-state index is 0.0833. The molecule has 0 fully saturated rings. The van der Waals surface area contributed by atoms with Crippen LogP contribution in [0, 0.1) is 20.8 Å². The van der Waals surface area contributed by atoms with Gasteiger partial charge in [-0.05, 0) is 111 Å². The molecule has 0 atom stereocenters. The van der Waals surface area contributed by atoms with Crippen molar-refractivity contribution >= 4 is 0 Å². The Kier molecular flexibility index (Phi) is 4.77. The minimum atomic E-state index is 0.0833. The van der Waals surface area contributed by atoms with Crippen molar-refractivity contribution in [3.63, 3.8) is 0 Å². The fraction of sp³-hybridized carbons (Fsp3) is 0.400. The van der Waals surface area contributed by atoms with Crippen LogP contribution in [0.5, 0.6) is 0 Å². The van der Waals surface area contributed by atoms with Crippen molar-refractivity contribution in [2.24, 2.45) is 0 Å². The largest absolute Gasteiger partial charge is 0.0584 e. The van der Waals surface area contributed by atoms with Crippen molar-refractivity contribution < 1.29 is 0 Å². The molecule has 0 heteroatoms. The molecular formula is C30H36. The maximum absolute atomic E-state index is 2.50. The van der Waals surface area contributed by atoms with Crippen molar-refractivity contribution in [1.29, 1.82) is 0 Å². The second kappa shape index (κ2) is 6.84. The smallest absolute Gasteiger partial charge is 0.00132 e. The molecule has 0 heterocycles. The highest BCUT2D eigenvalue weighted by molar-refractivity contribution is 5.84. The van der Waals surface area contributed by atoms with Gasteiger partial charge in [0.2, 0.25) is 0 Å². The van der Waals surface area contributed by atoms with Gasteiger partial charge in [-0.2, -0.15) is 0 Å². The van der Waals surface area contributed by atoms with Crippen LogP contribution in [0.3, 0.4) is 0 Å². The Hall–Kier alpha value is -2.34. The van der Waals surface area contributed by atoms with Crippen LogP contribution in [0.25, 0.3) is 22.3 Å². The Bertz CT molecular complexity index is 1140. The summed E-state index contributed by atoms with van der Waals surface area (Å²) in [6.07, 6.45) is 1.04. The fourth-order valence-corrected chi connectivity index (χ4v) is 4.79. The van der Waals surface area contributed by atoms with Gasteiger partial charge >= 0.3 is 0 Å². The number of fused-ring (bicyclic) bond motifs is 3. The summed E-state index contributed by atoms with van der Waals surface area (Å²) in [6, 6.07) is 16.7. The van der Waals surface area contributed by atoms with E-state index in [-0.39, 0.29) is 10.8 Å². The monoisotopic (exact) mass is 396 g/mol. The molecule has 0 saturated carbocycles. The first-order chi connectivity index (χ1) is 13.9. The summed E-state index contributed by atoms with van der Waals surface area (Å²) in [6.45, 7) is 20.7. The highest BCUT2D eigenvalue weighted by Gasteiger charge is 2.27. The van der Waals surface area contributed by atoms with Gasteiger partial charge in [-0.15, -0.1) is 0 Å². The van der Waals surface area contributed by atoms with Crippen molar-refractivity contribution in [2.75, 3.05) is 0 Å². The number of benzene rings is 3. The van der Waals surface area contributed by atoms with Crippen LogP contribution in [0.4, 0.5) is 0 Å². The van der Waals surface area contributed by atoms with Crippen LogP contribution in [-0.2, 0) is 17.3 Å². The van der Waals surface area contributed by atoms with Crippen LogP contribution in [0.15, 0.2) is 42.5 Å². The van der Waals surface area contributed by atoms with Crippen molar-refractivity contribution in [1.82, 2.24) is 0 Å². The van der Waals surface area contributed by atoms with Crippen LogP contribution < -0.4 is 0 Å². The van der Waals surface area contributed by atoms with Crippen molar-refractivity contribution in [2.45, 2.75) is 79.6 Å². The Morgan fingerprint density at radius 2 is 1.23 bits per heavy atom. The van der Waals surface area contributed by atoms with Crippen LogP contribution in [0.2, 0.25) is 0 Å². The average Bonchev–Trinajstić information content (AvgIpc) is 3.00. The number of aryl methyl sites for hydroxylation is 1. The second-order valence-electron chi connectivity index (χ2n) is 11.3. The van der Waals surface area contributed by atoms with E-state index in [1.807, 2.05) is 0 Å². The lowest BCUT2D eigenvalue weighted by molar-refractivity contribution is 0.590. The molecule has 0 radical (unpaired) electrons. The molecule has 3 aromatic rings. The highest BCUT2D eigenvalue weighted by Crippen LogP contribution is 2.45. The van der Waals surface area contributed by atoms with Gasteiger partial charge in [0.1, 0.15) is 0 Å². The van der Waals surface area contributed by atoms with Gasteiger partial charge in [0.25, 0.3) is 0 Å². The predicted octanol–water partition coefficient (Wildman–Crippen LogP) is 8.45. The maximum atomic E-state index is 2.50. The van der Waals surface area contributed by atoms with E-state index in [0.29, 0.717) is 0 Å². The molecule has 1 aliphatic carbocycles. The summed E-state index contributed by atoms with van der Waals surface area (Å²) in [5.41, 5.74) is 15.9. The molecule has 0 nitrogen and oxygen atoms in total. The number of hydrogen-bond acceptors (Lipinski definition) is 0. The zero-order chi connectivity index (χ0) is 22.0. The van der Waals surface area contributed by atoms with Crippen LogP contribution in [-0.4, -0.2) is 0 Å². The lowest BCUT2D eigenvalue weighted by Crippen LogP contribution is -2.14. The van der Waals surface area contributed by atoms with E-state index in [0.717, 1.165) is 6.42 Å². The normalized spacial score (nSPS) is 13.4. The third kappa shape index (κ3) is 3.41. The van der Waals surface area contributed by atoms with Gasteiger partial charge in [-0.1, -0.05) is 71.9 Å². The molecule has 0 aliphatic heterocycles. The summed E-state index contributed by atoms with van der Waals surface area (Å²) >= 11 is 0. The molecule has 156 valence electrons. The topological polar surface area (TPSA) is 0 Å². The lowest BCUT2D eigenvalue weighted by atomic mass is 9.78. The Morgan fingerprint density at radius 1 is 0.567 bits per heavy atom. The summed E-state index contributed by atoms with van der Waals surface area (Å²) in [5, 5.41) is 0. The summed E-state index contributed by atoms with van der Waals surface area (Å²) in [7, 11) is 0. The first-order valence-corrected chi connectivity index (χ1v) is 11.3. The standard InChI is InChI=1S/C30H36/c1-18-10-13-24(20(3)19(18)2)27-15-22-14-21-11-12-23(29(4,5)6)16-25(21)26(22)17-28(27)30(7,8)9/h10-13,15-17H,14H2,1-9H3. The SMILES string of the molecule is Cc1ccc(-c2cc3c(cc2C(C)(C)C)-c2cc(C(C)(C)C)ccc2C3)c(C)c1C. The zero-order valence-corrected chi connectivity index (χ0v) is 20.2. The quantitative estimate of drug-likeness (QED) is 0.303. The van der Waals surface area contributed by atoms with E-state index in [1.54, 1.807) is 0 Å².